The molecule has 0 aromatic heterocycles. The van der Waals surface area contributed by atoms with Gasteiger partial charge in [0, 0.05) is 17.7 Å². The Balaban J connectivity index is 1.43. The lowest BCUT2D eigenvalue weighted by Crippen LogP contribution is -2.39. The molecule has 1 aliphatic rings. The lowest BCUT2D eigenvalue weighted by Gasteiger charge is -2.28. The highest BCUT2D eigenvalue weighted by atomic mass is 19.4. The fourth-order valence-electron chi connectivity index (χ4n) is 3.27. The fourth-order valence-corrected chi connectivity index (χ4v) is 3.27. The van der Waals surface area contributed by atoms with E-state index in [2.05, 4.69) is 10.6 Å². The third-order valence-electron chi connectivity index (χ3n) is 5.23. The van der Waals surface area contributed by atoms with Crippen LogP contribution in [0.15, 0.2) is 66.7 Å². The van der Waals surface area contributed by atoms with E-state index in [1.807, 2.05) is 0 Å². The van der Waals surface area contributed by atoms with Crippen LogP contribution in [0, 0.1) is 0 Å². The number of rotatable bonds is 8. The summed E-state index contributed by atoms with van der Waals surface area (Å²) in [6.45, 7) is 0.649. The number of nitrogens with one attached hydrogen (secondary N) is 2. The summed E-state index contributed by atoms with van der Waals surface area (Å²) in [6, 6.07) is 15.3. The Morgan fingerprint density at radius 3 is 2.36 bits per heavy atom. The monoisotopic (exact) mass is 501 g/mol. The number of hydrogen-bond donors (Lipinski definition) is 3. The smallest absolute Gasteiger partial charge is 0.416 e. The van der Waals surface area contributed by atoms with E-state index in [-0.39, 0.29) is 24.1 Å². The van der Waals surface area contributed by atoms with Gasteiger partial charge in [0.2, 0.25) is 5.91 Å². The van der Waals surface area contributed by atoms with Gasteiger partial charge in [-0.2, -0.15) is 13.2 Å². The van der Waals surface area contributed by atoms with Gasteiger partial charge in [0.15, 0.2) is 0 Å². The summed E-state index contributed by atoms with van der Waals surface area (Å²) in [5, 5.41) is 5.04. The van der Waals surface area contributed by atoms with E-state index < -0.39 is 23.7 Å². The minimum Gasteiger partial charge on any atom is -0.483 e. The first-order chi connectivity index (χ1) is 17.2. The maximum atomic E-state index is 13.2. The Hall–Kier alpha value is -4.25. The lowest BCUT2D eigenvalue weighted by atomic mass is 10.1. The maximum absolute atomic E-state index is 13.2. The summed E-state index contributed by atoms with van der Waals surface area (Å²) in [5.74, 6) is 0.433. The SMILES string of the molecule is NC(=O)c1ccc(Oc2ccccc2CNC(=O)Nc2cc(C(F)(F)F)ccc2OC2COC2)cc1. The number of ether oxygens (including phenoxy) is 3. The van der Waals surface area contributed by atoms with Crippen molar-refractivity contribution in [3.05, 3.63) is 83.4 Å². The van der Waals surface area contributed by atoms with Crippen molar-refractivity contribution in [2.24, 2.45) is 5.73 Å². The molecule has 1 aliphatic heterocycles. The molecular formula is C25H22F3N3O5. The number of alkyl halides is 3. The van der Waals surface area contributed by atoms with Crippen LogP contribution in [0.3, 0.4) is 0 Å². The number of nitrogens with two attached hydrogens (primary N) is 1. The van der Waals surface area contributed by atoms with E-state index in [1.54, 1.807) is 36.4 Å². The maximum Gasteiger partial charge on any atom is 0.416 e. The first-order valence-electron chi connectivity index (χ1n) is 10.8. The number of halogens is 3. The molecule has 36 heavy (non-hydrogen) atoms. The molecule has 4 N–H and O–H groups in total. The largest absolute Gasteiger partial charge is 0.483 e. The number of carbonyl (C=O) groups is 2. The minimum absolute atomic E-state index is 0.0208. The second-order valence-electron chi connectivity index (χ2n) is 7.89. The van der Waals surface area contributed by atoms with Crippen LogP contribution in [0.25, 0.3) is 0 Å². The Labute approximate surface area is 204 Å². The van der Waals surface area contributed by atoms with Crippen molar-refractivity contribution in [3.8, 4) is 17.2 Å². The Morgan fingerprint density at radius 1 is 1.00 bits per heavy atom. The highest BCUT2D eigenvalue weighted by molar-refractivity contribution is 5.93. The topological polar surface area (TPSA) is 112 Å². The lowest BCUT2D eigenvalue weighted by molar-refractivity contribution is -0.137. The Kier molecular flexibility index (Phi) is 7.30. The van der Waals surface area contributed by atoms with E-state index in [0.717, 1.165) is 12.1 Å². The van der Waals surface area contributed by atoms with E-state index in [1.165, 1.54) is 18.2 Å². The molecule has 11 heteroatoms. The number of para-hydroxylation sites is 1. The number of hydrogen-bond acceptors (Lipinski definition) is 5. The molecule has 1 fully saturated rings. The van der Waals surface area contributed by atoms with Crippen LogP contribution in [-0.4, -0.2) is 31.3 Å². The molecule has 4 rings (SSSR count). The number of primary amides is 1. The van der Waals surface area contributed by atoms with Gasteiger partial charge in [-0.05, 0) is 48.5 Å². The molecule has 1 heterocycles. The van der Waals surface area contributed by atoms with Crippen molar-refractivity contribution in [1.82, 2.24) is 5.32 Å². The molecule has 0 radical (unpaired) electrons. The van der Waals surface area contributed by atoms with Crippen LogP contribution < -0.4 is 25.8 Å². The van der Waals surface area contributed by atoms with Gasteiger partial charge in [-0.3, -0.25) is 4.79 Å². The van der Waals surface area contributed by atoms with Crippen molar-refractivity contribution in [1.29, 1.82) is 0 Å². The van der Waals surface area contributed by atoms with Crippen molar-refractivity contribution >= 4 is 17.6 Å². The van der Waals surface area contributed by atoms with Crippen molar-refractivity contribution in [3.63, 3.8) is 0 Å². The van der Waals surface area contributed by atoms with E-state index >= 15 is 0 Å². The summed E-state index contributed by atoms with van der Waals surface area (Å²) in [5.41, 5.74) is 5.14. The summed E-state index contributed by atoms with van der Waals surface area (Å²) in [6.07, 6.45) is -4.89. The summed E-state index contributed by atoms with van der Waals surface area (Å²) in [4.78, 5) is 23.8. The summed E-state index contributed by atoms with van der Waals surface area (Å²) in [7, 11) is 0. The Bertz CT molecular complexity index is 1240. The molecule has 0 saturated carbocycles. The van der Waals surface area contributed by atoms with Crippen molar-refractivity contribution in [2.45, 2.75) is 18.8 Å². The van der Waals surface area contributed by atoms with E-state index in [0.29, 0.717) is 35.8 Å². The highest BCUT2D eigenvalue weighted by Gasteiger charge is 2.32. The zero-order valence-corrected chi connectivity index (χ0v) is 18.8. The van der Waals surface area contributed by atoms with Crippen LogP contribution in [0.4, 0.5) is 23.7 Å². The number of carbonyl (C=O) groups excluding carboxylic acids is 2. The average Bonchev–Trinajstić information content (AvgIpc) is 2.81. The second kappa shape index (κ2) is 10.6. The average molecular weight is 501 g/mol. The van der Waals surface area contributed by atoms with Crippen LogP contribution >= 0.6 is 0 Å². The third-order valence-corrected chi connectivity index (χ3v) is 5.23. The van der Waals surface area contributed by atoms with Crippen LogP contribution in [0.1, 0.15) is 21.5 Å². The number of benzene rings is 3. The zero-order chi connectivity index (χ0) is 25.7. The van der Waals surface area contributed by atoms with Gasteiger partial charge in [0.05, 0.1) is 24.5 Å². The van der Waals surface area contributed by atoms with Gasteiger partial charge in [-0.1, -0.05) is 18.2 Å². The predicted molar refractivity (Wildman–Crippen MR) is 124 cm³/mol. The molecular weight excluding hydrogens is 479 g/mol. The molecule has 0 bridgehead atoms. The fraction of sp³-hybridized carbons (Fsp3) is 0.200. The second-order valence-corrected chi connectivity index (χ2v) is 7.89. The van der Waals surface area contributed by atoms with Crippen molar-refractivity contribution in [2.75, 3.05) is 18.5 Å². The molecule has 3 amide bonds. The molecule has 188 valence electrons. The van der Waals surface area contributed by atoms with Gasteiger partial charge in [-0.25, -0.2) is 4.79 Å². The summed E-state index contributed by atoms with van der Waals surface area (Å²) < 4.78 is 56.1. The number of amides is 3. The predicted octanol–water partition coefficient (Wildman–Crippen LogP) is 4.70. The molecule has 0 atom stereocenters. The molecule has 0 aliphatic carbocycles. The zero-order valence-electron chi connectivity index (χ0n) is 18.8. The van der Waals surface area contributed by atoms with Gasteiger partial charge in [-0.15, -0.1) is 0 Å². The molecule has 0 spiro atoms. The third kappa shape index (κ3) is 6.25. The van der Waals surface area contributed by atoms with E-state index in [4.69, 9.17) is 19.9 Å². The van der Waals surface area contributed by atoms with Gasteiger partial charge in [0.25, 0.3) is 0 Å². The van der Waals surface area contributed by atoms with Gasteiger partial charge >= 0.3 is 12.2 Å². The molecule has 1 saturated heterocycles. The number of anilines is 1. The molecule has 0 unspecified atom stereocenters. The summed E-state index contributed by atoms with van der Waals surface area (Å²) >= 11 is 0. The van der Waals surface area contributed by atoms with Crippen LogP contribution in [0.2, 0.25) is 0 Å². The van der Waals surface area contributed by atoms with Gasteiger partial charge < -0.3 is 30.6 Å². The first-order valence-corrected chi connectivity index (χ1v) is 10.8. The molecule has 3 aromatic carbocycles. The Morgan fingerprint density at radius 2 is 1.72 bits per heavy atom. The first kappa shape index (κ1) is 24.9. The minimum atomic E-state index is -4.59. The van der Waals surface area contributed by atoms with Gasteiger partial charge in [0.1, 0.15) is 23.4 Å². The normalized spacial score (nSPS) is 13.4. The van der Waals surface area contributed by atoms with Crippen LogP contribution in [-0.2, 0) is 17.5 Å². The van der Waals surface area contributed by atoms with Crippen molar-refractivity contribution < 1.29 is 37.0 Å². The molecule has 3 aromatic rings. The van der Waals surface area contributed by atoms with E-state index in [9.17, 15) is 22.8 Å². The highest BCUT2D eigenvalue weighted by Crippen LogP contribution is 2.36. The molecule has 8 nitrogen and oxygen atoms in total. The number of urea groups is 1. The quantitative estimate of drug-likeness (QED) is 0.415. The standard InChI is InChI=1S/C25H22F3N3O5/c26-25(27,28)17-7-10-22(36-19-13-34-14-19)20(11-17)31-24(33)30-12-16-3-1-2-4-21(16)35-18-8-5-15(6-9-18)23(29)32/h1-11,19H,12-14H2,(H2,29,32)(H2,30,31,33). The van der Waals surface area contributed by atoms with Crippen LogP contribution in [0.5, 0.6) is 17.2 Å².